The number of allylic oxidation sites excluding steroid dienone is 1. The van der Waals surface area contributed by atoms with Crippen molar-refractivity contribution in [1.29, 1.82) is 0 Å². The van der Waals surface area contributed by atoms with Crippen LogP contribution >= 0.6 is 0 Å². The molecule has 124 valence electrons. The van der Waals surface area contributed by atoms with E-state index in [1.165, 1.54) is 25.7 Å². The predicted molar refractivity (Wildman–Crippen MR) is 84.0 cm³/mol. The number of unbranched alkanes of at least 4 members (excludes halogenated alkanes) is 6. The molecule has 0 aromatic heterocycles. The van der Waals surface area contributed by atoms with Crippen LogP contribution in [0.3, 0.4) is 0 Å². The zero-order chi connectivity index (χ0) is 16.1. The average molecular weight is 358 g/mol. The van der Waals surface area contributed by atoms with Crippen molar-refractivity contribution in [3.8, 4) is 0 Å². The molecule has 0 rings (SSSR count). The Morgan fingerprint density at radius 2 is 1.73 bits per heavy atom. The van der Waals surface area contributed by atoms with Crippen molar-refractivity contribution in [3.05, 3.63) is 12.2 Å². The van der Waals surface area contributed by atoms with Gasteiger partial charge >= 0.3 is 51.4 Å². The summed E-state index contributed by atoms with van der Waals surface area (Å²) in [7, 11) is -2.46. The van der Waals surface area contributed by atoms with Gasteiger partial charge in [-0.3, -0.25) is 4.79 Å². The van der Waals surface area contributed by atoms with Crippen molar-refractivity contribution in [1.82, 2.24) is 4.90 Å². The molecule has 0 fully saturated rings. The standard InChI is InChI=1S/C15H29NO4S.K/c1-3-4-5-6-7-8-9-12-15(17)16(2)13-10-11-14-21(18,19)20;/h9,12H,3-8,10-11,13-14H2,1-2H3,(H,18,19,20);/q;+1/p-1/b12-9+;. The van der Waals surface area contributed by atoms with Crippen LogP contribution in [0.25, 0.3) is 0 Å². The molecule has 0 spiro atoms. The van der Waals surface area contributed by atoms with Gasteiger partial charge < -0.3 is 9.45 Å². The molecule has 0 bridgehead atoms. The fourth-order valence-corrected chi connectivity index (χ4v) is 2.47. The van der Waals surface area contributed by atoms with Gasteiger partial charge in [-0.1, -0.05) is 38.7 Å². The van der Waals surface area contributed by atoms with Gasteiger partial charge in [-0.2, -0.15) is 0 Å². The zero-order valence-electron chi connectivity index (χ0n) is 14.2. The number of carbonyl (C=O) groups excluding carboxylic acids is 1. The number of carbonyl (C=O) groups is 1. The molecule has 5 nitrogen and oxygen atoms in total. The number of hydrogen-bond acceptors (Lipinski definition) is 4. The van der Waals surface area contributed by atoms with E-state index in [0.717, 1.165) is 12.8 Å². The van der Waals surface area contributed by atoms with Gasteiger partial charge in [0.25, 0.3) is 0 Å². The Balaban J connectivity index is 0. The fourth-order valence-electron chi connectivity index (χ4n) is 1.92. The molecule has 0 heterocycles. The van der Waals surface area contributed by atoms with Crippen LogP contribution in [0.2, 0.25) is 0 Å². The molecule has 0 aliphatic heterocycles. The first-order chi connectivity index (χ1) is 9.87. The molecule has 0 unspecified atom stereocenters. The molecule has 0 saturated carbocycles. The molecule has 0 aliphatic rings. The maximum atomic E-state index is 11.7. The fraction of sp³-hybridized carbons (Fsp3) is 0.800. The Kier molecular flexibility index (Phi) is 17.4. The second-order valence-corrected chi connectivity index (χ2v) is 6.86. The van der Waals surface area contributed by atoms with Gasteiger partial charge in [0, 0.05) is 19.3 Å². The number of likely N-dealkylation sites (N-methyl/N-ethyl adjacent to an activating group) is 1. The van der Waals surface area contributed by atoms with Gasteiger partial charge in [-0.05, 0) is 31.8 Å². The summed E-state index contributed by atoms with van der Waals surface area (Å²) < 4.78 is 31.3. The van der Waals surface area contributed by atoms with Crippen LogP contribution in [0.15, 0.2) is 12.2 Å². The van der Waals surface area contributed by atoms with Gasteiger partial charge in [0.1, 0.15) is 0 Å². The van der Waals surface area contributed by atoms with E-state index in [2.05, 4.69) is 6.92 Å². The summed E-state index contributed by atoms with van der Waals surface area (Å²) in [6, 6.07) is 0. The number of rotatable bonds is 12. The molecule has 0 aromatic carbocycles. The maximum absolute atomic E-state index is 11.7. The molecule has 0 N–H and O–H groups in total. The molecular formula is C15H28KNO4S. The van der Waals surface area contributed by atoms with Crippen LogP contribution in [-0.4, -0.2) is 43.1 Å². The van der Waals surface area contributed by atoms with Gasteiger partial charge in [0.2, 0.25) is 5.91 Å². The number of amides is 1. The van der Waals surface area contributed by atoms with Crippen LogP contribution in [0, 0.1) is 0 Å². The summed E-state index contributed by atoms with van der Waals surface area (Å²) >= 11 is 0. The van der Waals surface area contributed by atoms with E-state index < -0.39 is 10.1 Å². The second kappa shape index (κ2) is 15.3. The normalized spacial score (nSPS) is 11.4. The maximum Gasteiger partial charge on any atom is 1.00 e. The van der Waals surface area contributed by atoms with E-state index in [1.54, 1.807) is 18.0 Å². The van der Waals surface area contributed by atoms with Crippen molar-refractivity contribution in [2.75, 3.05) is 19.3 Å². The summed E-state index contributed by atoms with van der Waals surface area (Å²) in [6.45, 7) is 2.65. The third kappa shape index (κ3) is 17.1. The first kappa shape index (κ1) is 25.0. The quantitative estimate of drug-likeness (QED) is 0.208. The minimum atomic E-state index is -4.14. The Morgan fingerprint density at radius 3 is 2.32 bits per heavy atom. The molecule has 0 radical (unpaired) electrons. The van der Waals surface area contributed by atoms with Crippen molar-refractivity contribution in [2.24, 2.45) is 0 Å². The molecule has 0 saturated heterocycles. The van der Waals surface area contributed by atoms with Crippen LogP contribution in [0.4, 0.5) is 0 Å². The SMILES string of the molecule is CCCCCCC/C=C/C(=O)N(C)CCCCS(=O)(=O)[O-].[K+]. The Morgan fingerprint density at radius 1 is 1.09 bits per heavy atom. The van der Waals surface area contributed by atoms with Crippen molar-refractivity contribution < 1.29 is 69.1 Å². The van der Waals surface area contributed by atoms with Crippen LogP contribution in [-0.2, 0) is 14.9 Å². The van der Waals surface area contributed by atoms with Crippen LogP contribution < -0.4 is 51.4 Å². The summed E-state index contributed by atoms with van der Waals surface area (Å²) in [6.07, 6.45) is 11.3. The van der Waals surface area contributed by atoms with Crippen molar-refractivity contribution in [2.45, 2.75) is 58.3 Å². The third-order valence-electron chi connectivity index (χ3n) is 3.25. The van der Waals surface area contributed by atoms with Gasteiger partial charge in [-0.15, -0.1) is 0 Å². The Hall–Kier alpha value is 0.756. The van der Waals surface area contributed by atoms with E-state index in [4.69, 9.17) is 0 Å². The van der Waals surface area contributed by atoms with E-state index in [-0.39, 0.29) is 63.0 Å². The van der Waals surface area contributed by atoms with E-state index in [1.807, 2.05) is 6.08 Å². The van der Waals surface area contributed by atoms with Crippen LogP contribution in [0.5, 0.6) is 0 Å². The number of hydrogen-bond donors (Lipinski definition) is 0. The van der Waals surface area contributed by atoms with E-state index in [9.17, 15) is 17.8 Å². The van der Waals surface area contributed by atoms with Gasteiger partial charge in [0.05, 0.1) is 10.1 Å². The summed E-state index contributed by atoms with van der Waals surface area (Å²) in [5, 5.41) is 0. The van der Waals surface area contributed by atoms with Gasteiger partial charge in [-0.25, -0.2) is 8.42 Å². The van der Waals surface area contributed by atoms with E-state index in [0.29, 0.717) is 19.4 Å². The van der Waals surface area contributed by atoms with Gasteiger partial charge in [0.15, 0.2) is 0 Å². The first-order valence-corrected chi connectivity index (χ1v) is 9.29. The smallest absolute Gasteiger partial charge is 0.748 e. The van der Waals surface area contributed by atoms with Crippen LogP contribution in [0.1, 0.15) is 58.3 Å². The molecule has 0 atom stereocenters. The minimum Gasteiger partial charge on any atom is -0.748 e. The predicted octanol–water partition coefficient (Wildman–Crippen LogP) is -0.309. The minimum absolute atomic E-state index is 0. The largest absolute Gasteiger partial charge is 1.00 e. The molecular weight excluding hydrogens is 329 g/mol. The third-order valence-corrected chi connectivity index (χ3v) is 4.04. The molecule has 1 amide bonds. The zero-order valence-corrected chi connectivity index (χ0v) is 18.2. The van der Waals surface area contributed by atoms with Crippen molar-refractivity contribution in [3.63, 3.8) is 0 Å². The average Bonchev–Trinajstić information content (AvgIpc) is 2.41. The second-order valence-electron chi connectivity index (χ2n) is 5.33. The monoisotopic (exact) mass is 357 g/mol. The summed E-state index contributed by atoms with van der Waals surface area (Å²) in [4.78, 5) is 13.3. The Bertz CT molecular complexity index is 410. The van der Waals surface area contributed by atoms with E-state index >= 15 is 0 Å². The number of nitrogens with zero attached hydrogens (tertiary/aromatic N) is 1. The molecule has 0 aromatic rings. The summed E-state index contributed by atoms with van der Waals surface area (Å²) in [5.41, 5.74) is 0. The first-order valence-electron chi connectivity index (χ1n) is 7.72. The topological polar surface area (TPSA) is 77.5 Å². The van der Waals surface area contributed by atoms with Crippen molar-refractivity contribution >= 4 is 16.0 Å². The molecule has 0 aliphatic carbocycles. The molecule has 7 heteroatoms. The summed E-state index contributed by atoms with van der Waals surface area (Å²) in [5.74, 6) is -0.434. The molecule has 22 heavy (non-hydrogen) atoms. The Labute approximate surface area is 178 Å².